The molecule has 0 heterocycles. The van der Waals surface area contributed by atoms with E-state index in [4.69, 9.17) is 28.4 Å². The second kappa shape index (κ2) is 21.0. The quantitative estimate of drug-likeness (QED) is 0.0733. The number of hydrogen-bond acceptors (Lipinski definition) is 10. The molecule has 2 aromatic carbocycles. The molecule has 0 N–H and O–H groups in total. The number of methoxy groups -OCH3 is 1. The van der Waals surface area contributed by atoms with Gasteiger partial charge in [0.25, 0.3) is 0 Å². The van der Waals surface area contributed by atoms with Gasteiger partial charge in [0.2, 0.25) is 0 Å². The highest BCUT2D eigenvalue weighted by Gasteiger charge is 2.09. The highest BCUT2D eigenvalue weighted by molar-refractivity contribution is 5.94. The Morgan fingerprint density at radius 1 is 0.548 bits per heavy atom. The minimum atomic E-state index is -0.431. The van der Waals surface area contributed by atoms with Gasteiger partial charge in [-0.25, -0.2) is 4.79 Å². The summed E-state index contributed by atoms with van der Waals surface area (Å²) in [5.74, 6) is 0.142. The Kier molecular flexibility index (Phi) is 17.2. The summed E-state index contributed by atoms with van der Waals surface area (Å²) in [7, 11) is 1.65. The molecule has 2 rings (SSSR count). The molecule has 230 valence electrons. The molecule has 0 radical (unpaired) electrons. The minimum absolute atomic E-state index is 0.0149. The summed E-state index contributed by atoms with van der Waals surface area (Å²) in [6, 6.07) is 13.4. The smallest absolute Gasteiger partial charge is 0.338 e. The van der Waals surface area contributed by atoms with Crippen LogP contribution in [0.25, 0.3) is 0 Å². The molecule has 0 saturated carbocycles. The predicted octanol–water partition coefficient (Wildman–Crippen LogP) is 5.71. The maximum Gasteiger partial charge on any atom is 0.338 e. The number of rotatable bonds is 22. The molecule has 0 aliphatic carbocycles. The van der Waals surface area contributed by atoms with Crippen molar-refractivity contribution in [2.75, 3.05) is 46.8 Å². The third kappa shape index (κ3) is 15.3. The van der Waals surface area contributed by atoms with E-state index in [1.807, 2.05) is 0 Å². The average Bonchev–Trinajstić information content (AvgIpc) is 2.98. The summed E-state index contributed by atoms with van der Waals surface area (Å²) in [6.45, 7) is 3.25. The molecule has 0 spiro atoms. The fourth-order valence-electron chi connectivity index (χ4n) is 3.72. The lowest BCUT2D eigenvalue weighted by Crippen LogP contribution is -2.14. The number of ether oxygens (including phenoxy) is 6. The number of carbonyl (C=O) groups excluding carboxylic acids is 4. The first-order valence-electron chi connectivity index (χ1n) is 14.3. The summed E-state index contributed by atoms with van der Waals surface area (Å²) in [5.41, 5.74) is 1.02. The molecule has 0 aliphatic heterocycles. The lowest BCUT2D eigenvalue weighted by molar-refractivity contribution is -0.146. The Balaban J connectivity index is 1.44. The highest BCUT2D eigenvalue weighted by Crippen LogP contribution is 2.22. The van der Waals surface area contributed by atoms with Crippen LogP contribution in [0.2, 0.25) is 0 Å². The molecular weight excluding hydrogens is 544 g/mol. The van der Waals surface area contributed by atoms with Gasteiger partial charge in [-0.2, -0.15) is 0 Å². The monoisotopic (exact) mass is 586 g/mol. The Bertz CT molecular complexity index is 1080. The number of unbranched alkanes of at least 4 members (excludes halogenated alkanes) is 4. The van der Waals surface area contributed by atoms with Crippen LogP contribution in [0.4, 0.5) is 0 Å². The molecular formula is C32H42O10. The van der Waals surface area contributed by atoms with Crippen LogP contribution in [0.1, 0.15) is 79.0 Å². The molecule has 0 unspecified atom stereocenters. The first-order valence-corrected chi connectivity index (χ1v) is 14.3. The Labute approximate surface area is 247 Å². The maximum absolute atomic E-state index is 12.3. The van der Waals surface area contributed by atoms with Crippen molar-refractivity contribution in [1.82, 2.24) is 0 Å². The lowest BCUT2D eigenvalue weighted by atomic mass is 10.1. The van der Waals surface area contributed by atoms with Crippen molar-refractivity contribution in [2.45, 2.75) is 58.3 Å². The van der Waals surface area contributed by atoms with Crippen LogP contribution in [0.15, 0.2) is 48.5 Å². The summed E-state index contributed by atoms with van der Waals surface area (Å²) in [5, 5.41) is 0. The zero-order chi connectivity index (χ0) is 30.4. The number of esters is 3. The van der Waals surface area contributed by atoms with Gasteiger partial charge in [0.15, 0.2) is 5.78 Å². The van der Waals surface area contributed by atoms with E-state index >= 15 is 0 Å². The van der Waals surface area contributed by atoms with Crippen LogP contribution >= 0.6 is 0 Å². The number of carbonyl (C=O) groups is 4. The second-order valence-corrected chi connectivity index (χ2v) is 9.51. The first-order chi connectivity index (χ1) is 20.4. The van der Waals surface area contributed by atoms with Crippen molar-refractivity contribution >= 4 is 23.7 Å². The van der Waals surface area contributed by atoms with Gasteiger partial charge in [-0.3, -0.25) is 14.4 Å². The van der Waals surface area contributed by atoms with E-state index in [1.165, 1.54) is 6.92 Å². The van der Waals surface area contributed by atoms with Gasteiger partial charge in [0.1, 0.15) is 24.7 Å². The van der Waals surface area contributed by atoms with E-state index in [-0.39, 0.29) is 57.2 Å². The SMILES string of the molecule is COCCCCCC(=O)OCCOCCOC(=O)CCCCCOC(=O)c1ccc(Oc2ccc(C(C)=O)cc2)cc1. The van der Waals surface area contributed by atoms with Gasteiger partial charge in [-0.1, -0.05) is 6.42 Å². The van der Waals surface area contributed by atoms with E-state index in [9.17, 15) is 19.2 Å². The summed E-state index contributed by atoms with van der Waals surface area (Å²) in [4.78, 5) is 47.1. The van der Waals surface area contributed by atoms with E-state index in [1.54, 1.807) is 55.6 Å². The van der Waals surface area contributed by atoms with Crippen molar-refractivity contribution in [3.05, 3.63) is 59.7 Å². The predicted molar refractivity (Wildman–Crippen MR) is 155 cm³/mol. The second-order valence-electron chi connectivity index (χ2n) is 9.51. The fourth-order valence-corrected chi connectivity index (χ4v) is 3.72. The minimum Gasteiger partial charge on any atom is -0.463 e. The van der Waals surface area contributed by atoms with Crippen LogP contribution in [0, 0.1) is 0 Å². The largest absolute Gasteiger partial charge is 0.463 e. The lowest BCUT2D eigenvalue weighted by Gasteiger charge is -2.08. The third-order valence-electron chi connectivity index (χ3n) is 6.06. The number of hydrogen-bond donors (Lipinski definition) is 0. The van der Waals surface area contributed by atoms with Crippen LogP contribution < -0.4 is 4.74 Å². The van der Waals surface area contributed by atoms with Gasteiger partial charge in [-0.15, -0.1) is 0 Å². The fraction of sp³-hybridized carbons (Fsp3) is 0.500. The zero-order valence-electron chi connectivity index (χ0n) is 24.6. The molecule has 0 aliphatic rings. The molecule has 0 amide bonds. The van der Waals surface area contributed by atoms with Crippen LogP contribution in [-0.4, -0.2) is 70.4 Å². The van der Waals surface area contributed by atoms with E-state index < -0.39 is 5.97 Å². The van der Waals surface area contributed by atoms with Crippen LogP contribution in [-0.2, 0) is 33.3 Å². The van der Waals surface area contributed by atoms with Crippen LogP contribution in [0.5, 0.6) is 11.5 Å². The molecule has 0 bridgehead atoms. The molecule has 0 saturated heterocycles. The molecule has 10 heteroatoms. The zero-order valence-corrected chi connectivity index (χ0v) is 24.6. The maximum atomic E-state index is 12.3. The van der Waals surface area contributed by atoms with Crippen molar-refractivity contribution < 1.29 is 47.6 Å². The molecule has 42 heavy (non-hydrogen) atoms. The Morgan fingerprint density at radius 3 is 1.55 bits per heavy atom. The van der Waals surface area contributed by atoms with Gasteiger partial charge in [0, 0.05) is 32.1 Å². The van der Waals surface area contributed by atoms with Gasteiger partial charge < -0.3 is 28.4 Å². The number of ketones is 1. The Hall–Kier alpha value is -3.76. The summed E-state index contributed by atoms with van der Waals surface area (Å²) < 4.78 is 31.5. The van der Waals surface area contributed by atoms with E-state index in [0.29, 0.717) is 54.9 Å². The van der Waals surface area contributed by atoms with Gasteiger partial charge in [-0.05, 0) is 87.6 Å². The molecule has 0 fully saturated rings. The van der Waals surface area contributed by atoms with Gasteiger partial charge in [0.05, 0.1) is 25.4 Å². The molecule has 10 nitrogen and oxygen atoms in total. The number of benzene rings is 2. The molecule has 0 aromatic heterocycles. The average molecular weight is 587 g/mol. The Morgan fingerprint density at radius 2 is 1.05 bits per heavy atom. The molecule has 2 aromatic rings. The van der Waals surface area contributed by atoms with Crippen molar-refractivity contribution in [3.63, 3.8) is 0 Å². The van der Waals surface area contributed by atoms with E-state index in [2.05, 4.69) is 0 Å². The van der Waals surface area contributed by atoms with E-state index in [0.717, 1.165) is 19.3 Å². The van der Waals surface area contributed by atoms with Crippen molar-refractivity contribution in [3.8, 4) is 11.5 Å². The van der Waals surface area contributed by atoms with Crippen LogP contribution in [0.3, 0.4) is 0 Å². The standard InChI is InChI=1S/C32H42O10/c1-25(33)26-11-15-28(16-12-26)42-29-17-13-27(14-18-29)32(36)41-20-8-4-6-10-31(35)40-24-22-38-21-23-39-30(34)9-5-3-7-19-37-2/h11-18H,3-10,19-24H2,1-2H3. The molecule has 0 atom stereocenters. The summed E-state index contributed by atoms with van der Waals surface area (Å²) >= 11 is 0. The number of Topliss-reactive ketones (excluding diaryl/α,β-unsaturated/α-hetero) is 1. The summed E-state index contributed by atoms with van der Waals surface area (Å²) in [6.07, 6.45) is 5.25. The topological polar surface area (TPSA) is 124 Å². The normalized spacial score (nSPS) is 10.6. The van der Waals surface area contributed by atoms with Crippen molar-refractivity contribution in [2.24, 2.45) is 0 Å². The van der Waals surface area contributed by atoms with Gasteiger partial charge >= 0.3 is 17.9 Å². The third-order valence-corrected chi connectivity index (χ3v) is 6.06. The highest BCUT2D eigenvalue weighted by atomic mass is 16.6. The van der Waals surface area contributed by atoms with Crippen molar-refractivity contribution in [1.29, 1.82) is 0 Å². The first kappa shape index (κ1) is 34.4.